The Labute approximate surface area is 94.9 Å². The summed E-state index contributed by atoms with van der Waals surface area (Å²) in [6, 6.07) is 0. The van der Waals surface area contributed by atoms with E-state index in [1.54, 1.807) is 4.90 Å². The van der Waals surface area contributed by atoms with Crippen molar-refractivity contribution in [3.8, 4) is 0 Å². The van der Waals surface area contributed by atoms with Crippen LogP contribution in [0.2, 0.25) is 0 Å². The zero-order valence-corrected chi connectivity index (χ0v) is 9.88. The monoisotopic (exact) mass is 226 g/mol. The molecule has 7 heteroatoms. The molecule has 0 unspecified atom stereocenters. The lowest BCUT2D eigenvalue weighted by atomic mass is 10.5. The van der Waals surface area contributed by atoms with Crippen molar-refractivity contribution in [2.45, 2.75) is 6.54 Å². The molecule has 0 fully saturated rings. The smallest absolute Gasteiger partial charge is 0.229 e. The van der Waals surface area contributed by atoms with Crippen LogP contribution in [0.4, 0.5) is 11.9 Å². The van der Waals surface area contributed by atoms with Gasteiger partial charge in [-0.2, -0.15) is 15.0 Å². The van der Waals surface area contributed by atoms with Crippen molar-refractivity contribution in [2.24, 2.45) is 0 Å². The van der Waals surface area contributed by atoms with Crippen LogP contribution >= 0.6 is 0 Å². The van der Waals surface area contributed by atoms with Crippen molar-refractivity contribution < 1.29 is 5.11 Å². The average molecular weight is 226 g/mol. The largest absolute Gasteiger partial charge is 0.395 e. The summed E-state index contributed by atoms with van der Waals surface area (Å²) in [6.07, 6.45) is 0. The maximum absolute atomic E-state index is 8.78. The van der Waals surface area contributed by atoms with Crippen molar-refractivity contribution >= 4 is 11.9 Å². The quantitative estimate of drug-likeness (QED) is 0.661. The lowest BCUT2D eigenvalue weighted by molar-refractivity contribution is 0.214. The number of aliphatic hydroxyl groups is 1. The predicted octanol–water partition coefficient (Wildman–Crippen LogP) is -1.06. The summed E-state index contributed by atoms with van der Waals surface area (Å²) >= 11 is 0. The molecular weight excluding hydrogens is 208 g/mol. The average Bonchev–Trinajstić information content (AvgIpc) is 2.16. The SMILES string of the molecule is CN(CCO)Cc1nc(N)nc(N(C)C)n1. The molecule has 0 amide bonds. The van der Waals surface area contributed by atoms with Gasteiger partial charge in [-0.3, -0.25) is 4.90 Å². The van der Waals surface area contributed by atoms with Gasteiger partial charge in [0.05, 0.1) is 13.2 Å². The Morgan fingerprint density at radius 3 is 2.44 bits per heavy atom. The zero-order valence-electron chi connectivity index (χ0n) is 9.88. The summed E-state index contributed by atoms with van der Waals surface area (Å²) in [5.74, 6) is 1.36. The van der Waals surface area contributed by atoms with Gasteiger partial charge in [-0.15, -0.1) is 0 Å². The third kappa shape index (κ3) is 3.59. The summed E-state index contributed by atoms with van der Waals surface area (Å²) in [7, 11) is 5.57. The first-order valence-corrected chi connectivity index (χ1v) is 5.00. The van der Waals surface area contributed by atoms with Gasteiger partial charge in [0, 0.05) is 20.6 Å². The Morgan fingerprint density at radius 2 is 1.88 bits per heavy atom. The summed E-state index contributed by atoms with van der Waals surface area (Å²) in [6.45, 7) is 1.22. The Morgan fingerprint density at radius 1 is 1.19 bits per heavy atom. The third-order valence-corrected chi connectivity index (χ3v) is 1.98. The van der Waals surface area contributed by atoms with Gasteiger partial charge in [-0.1, -0.05) is 0 Å². The zero-order chi connectivity index (χ0) is 12.1. The molecule has 1 heterocycles. The van der Waals surface area contributed by atoms with Crippen molar-refractivity contribution in [3.05, 3.63) is 5.82 Å². The minimum Gasteiger partial charge on any atom is -0.395 e. The molecule has 0 bridgehead atoms. The summed E-state index contributed by atoms with van der Waals surface area (Å²) in [4.78, 5) is 16.0. The van der Waals surface area contributed by atoms with Crippen LogP contribution in [0.25, 0.3) is 0 Å². The van der Waals surface area contributed by atoms with E-state index in [9.17, 15) is 0 Å². The number of anilines is 2. The minimum absolute atomic E-state index is 0.109. The van der Waals surface area contributed by atoms with Crippen molar-refractivity contribution in [3.63, 3.8) is 0 Å². The van der Waals surface area contributed by atoms with Crippen LogP contribution in [0.5, 0.6) is 0 Å². The second kappa shape index (κ2) is 5.57. The van der Waals surface area contributed by atoms with E-state index in [1.165, 1.54) is 0 Å². The van der Waals surface area contributed by atoms with Crippen LogP contribution < -0.4 is 10.6 Å². The molecule has 1 aromatic rings. The number of nitrogen functional groups attached to an aromatic ring is 1. The molecule has 3 N–H and O–H groups in total. The van der Waals surface area contributed by atoms with Crippen molar-refractivity contribution in [1.82, 2.24) is 19.9 Å². The van der Waals surface area contributed by atoms with E-state index in [0.717, 1.165) is 0 Å². The molecule has 16 heavy (non-hydrogen) atoms. The first-order valence-electron chi connectivity index (χ1n) is 5.00. The highest BCUT2D eigenvalue weighted by Crippen LogP contribution is 2.06. The highest BCUT2D eigenvalue weighted by Gasteiger charge is 2.08. The second-order valence-corrected chi connectivity index (χ2v) is 3.77. The summed E-state index contributed by atoms with van der Waals surface area (Å²) in [5.41, 5.74) is 5.59. The van der Waals surface area contributed by atoms with E-state index >= 15 is 0 Å². The van der Waals surface area contributed by atoms with Gasteiger partial charge in [-0.05, 0) is 7.05 Å². The Kier molecular flexibility index (Phi) is 4.39. The molecular formula is C9H18N6O. The first kappa shape index (κ1) is 12.6. The molecule has 0 saturated heterocycles. The lowest BCUT2D eigenvalue weighted by Gasteiger charge is -2.15. The fraction of sp³-hybridized carbons (Fsp3) is 0.667. The molecule has 0 saturated carbocycles. The number of likely N-dealkylation sites (N-methyl/N-ethyl adjacent to an activating group) is 1. The predicted molar refractivity (Wildman–Crippen MR) is 62.0 cm³/mol. The molecule has 0 aliphatic rings. The van der Waals surface area contributed by atoms with Gasteiger partial charge in [0.15, 0.2) is 0 Å². The number of hydrogen-bond acceptors (Lipinski definition) is 7. The van der Waals surface area contributed by atoms with E-state index in [2.05, 4.69) is 15.0 Å². The van der Waals surface area contributed by atoms with Crippen LogP contribution in [-0.2, 0) is 6.54 Å². The standard InChI is InChI=1S/C9H18N6O/c1-14(2)9-12-7(11-8(10)13-9)6-15(3)4-5-16/h16H,4-6H2,1-3H3,(H2,10,11,12,13). The van der Waals surface area contributed by atoms with Crippen LogP contribution in [0.1, 0.15) is 5.82 Å². The van der Waals surface area contributed by atoms with E-state index < -0.39 is 0 Å². The van der Waals surface area contributed by atoms with E-state index in [4.69, 9.17) is 10.8 Å². The molecule has 90 valence electrons. The molecule has 0 aliphatic carbocycles. The Hall–Kier alpha value is -1.47. The maximum atomic E-state index is 8.78. The number of rotatable bonds is 5. The molecule has 7 nitrogen and oxygen atoms in total. The first-order chi connectivity index (χ1) is 7.52. The van der Waals surface area contributed by atoms with Gasteiger partial charge < -0.3 is 15.7 Å². The van der Waals surface area contributed by atoms with Crippen molar-refractivity contribution in [2.75, 3.05) is 44.9 Å². The fourth-order valence-electron chi connectivity index (χ4n) is 1.19. The minimum atomic E-state index is 0.109. The third-order valence-electron chi connectivity index (χ3n) is 1.98. The summed E-state index contributed by atoms with van der Waals surface area (Å²) in [5, 5.41) is 8.78. The van der Waals surface area contributed by atoms with Gasteiger partial charge in [0.1, 0.15) is 5.82 Å². The number of nitrogens with two attached hydrogens (primary N) is 1. The van der Waals surface area contributed by atoms with Gasteiger partial charge >= 0.3 is 0 Å². The van der Waals surface area contributed by atoms with E-state index in [-0.39, 0.29) is 12.6 Å². The number of nitrogens with zero attached hydrogens (tertiary/aromatic N) is 5. The number of aromatic nitrogens is 3. The molecule has 1 aromatic heterocycles. The number of aliphatic hydroxyl groups excluding tert-OH is 1. The maximum Gasteiger partial charge on any atom is 0.229 e. The van der Waals surface area contributed by atoms with Crippen LogP contribution in [0, 0.1) is 0 Å². The highest BCUT2D eigenvalue weighted by atomic mass is 16.3. The van der Waals surface area contributed by atoms with Crippen LogP contribution in [0.15, 0.2) is 0 Å². The Balaban J connectivity index is 2.80. The van der Waals surface area contributed by atoms with Crippen LogP contribution in [0.3, 0.4) is 0 Å². The summed E-state index contributed by atoms with van der Waals surface area (Å²) < 4.78 is 0. The second-order valence-electron chi connectivity index (χ2n) is 3.77. The molecule has 0 atom stereocenters. The van der Waals surface area contributed by atoms with E-state index in [1.807, 2.05) is 26.0 Å². The Bertz CT molecular complexity index is 343. The molecule has 0 radical (unpaired) electrons. The topological polar surface area (TPSA) is 91.4 Å². The van der Waals surface area contributed by atoms with Gasteiger partial charge in [-0.25, -0.2) is 0 Å². The van der Waals surface area contributed by atoms with Crippen molar-refractivity contribution in [1.29, 1.82) is 0 Å². The lowest BCUT2D eigenvalue weighted by Crippen LogP contribution is -2.24. The van der Waals surface area contributed by atoms with Crippen LogP contribution in [-0.4, -0.2) is 59.3 Å². The van der Waals surface area contributed by atoms with E-state index in [0.29, 0.717) is 24.9 Å². The molecule has 0 spiro atoms. The van der Waals surface area contributed by atoms with Gasteiger partial charge in [0.25, 0.3) is 0 Å². The molecule has 0 aliphatic heterocycles. The normalized spacial score (nSPS) is 10.8. The fourth-order valence-corrected chi connectivity index (χ4v) is 1.19. The molecule has 1 rings (SSSR count). The highest BCUT2D eigenvalue weighted by molar-refractivity contribution is 5.32. The number of hydrogen-bond donors (Lipinski definition) is 2. The van der Waals surface area contributed by atoms with Gasteiger partial charge in [0.2, 0.25) is 11.9 Å². The molecule has 0 aromatic carbocycles.